The number of halogens is 1. The van der Waals surface area contributed by atoms with Crippen molar-refractivity contribution in [3.05, 3.63) is 64.0 Å². The maximum absolute atomic E-state index is 13.1. The predicted molar refractivity (Wildman–Crippen MR) is 98.8 cm³/mol. The zero-order valence-corrected chi connectivity index (χ0v) is 15.1. The van der Waals surface area contributed by atoms with Crippen LogP contribution in [0, 0.1) is 15.9 Å². The molecular formula is C19H19FN2O6. The van der Waals surface area contributed by atoms with Crippen LogP contribution in [0.15, 0.2) is 42.5 Å². The maximum atomic E-state index is 13.1. The molecule has 0 aliphatic rings. The van der Waals surface area contributed by atoms with Gasteiger partial charge in [-0.05, 0) is 42.8 Å². The quantitative estimate of drug-likeness (QED) is 0.303. The molecule has 0 unspecified atom stereocenters. The van der Waals surface area contributed by atoms with E-state index >= 15 is 0 Å². The summed E-state index contributed by atoms with van der Waals surface area (Å²) in [5, 5.41) is 13.1. The predicted octanol–water partition coefficient (Wildman–Crippen LogP) is 3.71. The van der Waals surface area contributed by atoms with Crippen molar-refractivity contribution in [3.8, 4) is 5.75 Å². The van der Waals surface area contributed by atoms with Crippen LogP contribution in [0.5, 0.6) is 5.75 Å². The number of nitrogens with zero attached hydrogens (tertiary/aromatic N) is 1. The second kappa shape index (κ2) is 10.0. The molecule has 2 aromatic carbocycles. The van der Waals surface area contributed by atoms with Gasteiger partial charge >= 0.3 is 5.97 Å². The summed E-state index contributed by atoms with van der Waals surface area (Å²) in [6, 6.07) is 8.97. The molecule has 0 atom stereocenters. The molecule has 8 nitrogen and oxygen atoms in total. The number of amides is 1. The molecule has 1 amide bonds. The number of nitro benzene ring substituents is 1. The number of nitrogens with one attached hydrogen (secondary N) is 1. The number of ether oxygens (including phenoxy) is 2. The fourth-order valence-electron chi connectivity index (χ4n) is 2.18. The van der Waals surface area contributed by atoms with Gasteiger partial charge in [-0.1, -0.05) is 13.3 Å². The molecule has 9 heteroatoms. The normalized spacial score (nSPS) is 10.2. The second-order valence-corrected chi connectivity index (χ2v) is 5.77. The van der Waals surface area contributed by atoms with E-state index in [9.17, 15) is 24.1 Å². The molecule has 148 valence electrons. The van der Waals surface area contributed by atoms with Gasteiger partial charge in [0.15, 0.2) is 6.61 Å². The number of nitro groups is 1. The van der Waals surface area contributed by atoms with Crippen LogP contribution in [0.3, 0.4) is 0 Å². The Bertz CT molecular complexity index is 854. The first-order valence-electron chi connectivity index (χ1n) is 8.54. The van der Waals surface area contributed by atoms with Crippen molar-refractivity contribution >= 4 is 23.3 Å². The van der Waals surface area contributed by atoms with Crippen molar-refractivity contribution in [3.63, 3.8) is 0 Å². The van der Waals surface area contributed by atoms with Gasteiger partial charge in [0.1, 0.15) is 17.3 Å². The number of rotatable bonds is 9. The fourth-order valence-corrected chi connectivity index (χ4v) is 2.18. The molecule has 0 aliphatic heterocycles. The third-order valence-electron chi connectivity index (χ3n) is 3.62. The minimum atomic E-state index is -0.825. The smallest absolute Gasteiger partial charge is 0.338 e. The van der Waals surface area contributed by atoms with Crippen LogP contribution in [0.2, 0.25) is 0 Å². The summed E-state index contributed by atoms with van der Waals surface area (Å²) in [7, 11) is 0. The number of carbonyl (C=O) groups is 2. The number of hydrogen-bond donors (Lipinski definition) is 1. The molecule has 2 aromatic rings. The van der Waals surface area contributed by atoms with E-state index in [0.29, 0.717) is 18.4 Å². The van der Waals surface area contributed by atoms with Crippen LogP contribution in [0.4, 0.5) is 15.8 Å². The van der Waals surface area contributed by atoms with Gasteiger partial charge in [-0.2, -0.15) is 0 Å². The summed E-state index contributed by atoms with van der Waals surface area (Å²) in [4.78, 5) is 34.0. The van der Waals surface area contributed by atoms with Gasteiger partial charge in [0, 0.05) is 0 Å². The number of benzene rings is 2. The number of unbranched alkanes of at least 4 members (excludes halogenated alkanes) is 1. The van der Waals surface area contributed by atoms with Crippen LogP contribution in [-0.4, -0.2) is 30.0 Å². The molecule has 0 aromatic heterocycles. The van der Waals surface area contributed by atoms with Gasteiger partial charge in [-0.25, -0.2) is 9.18 Å². The highest BCUT2D eigenvalue weighted by Gasteiger charge is 2.18. The highest BCUT2D eigenvalue weighted by atomic mass is 19.1. The van der Waals surface area contributed by atoms with Gasteiger partial charge < -0.3 is 14.8 Å². The van der Waals surface area contributed by atoms with E-state index in [0.717, 1.165) is 25.0 Å². The highest BCUT2D eigenvalue weighted by Crippen LogP contribution is 2.24. The Morgan fingerprint density at radius 1 is 1.18 bits per heavy atom. The van der Waals surface area contributed by atoms with E-state index in [1.165, 1.54) is 12.1 Å². The first-order valence-corrected chi connectivity index (χ1v) is 8.54. The van der Waals surface area contributed by atoms with Gasteiger partial charge in [-0.15, -0.1) is 0 Å². The molecule has 2 rings (SSSR count). The summed E-state index contributed by atoms with van der Waals surface area (Å²) in [6.07, 6.45) is 1.93. The van der Waals surface area contributed by atoms with Gasteiger partial charge in [0.2, 0.25) is 0 Å². The summed E-state index contributed by atoms with van der Waals surface area (Å²) in [5.41, 5.74) is -0.567. The van der Waals surface area contributed by atoms with E-state index in [1.807, 2.05) is 6.92 Å². The van der Waals surface area contributed by atoms with Gasteiger partial charge in [-0.3, -0.25) is 14.9 Å². The fraction of sp³-hybridized carbons (Fsp3) is 0.263. The minimum Gasteiger partial charge on any atom is -0.494 e. The van der Waals surface area contributed by atoms with Gasteiger partial charge in [0.05, 0.1) is 23.2 Å². The molecular weight excluding hydrogens is 371 g/mol. The van der Waals surface area contributed by atoms with Crippen molar-refractivity contribution in [1.82, 2.24) is 0 Å². The molecule has 0 saturated carbocycles. The van der Waals surface area contributed by atoms with Crippen molar-refractivity contribution in [2.45, 2.75) is 19.8 Å². The summed E-state index contributed by atoms with van der Waals surface area (Å²) < 4.78 is 23.5. The lowest BCUT2D eigenvalue weighted by Gasteiger charge is -2.08. The SMILES string of the molecule is CCCCOc1ccc(C(=O)OCC(=O)Nc2ccc(F)cc2[N+](=O)[O-])cc1. The Kier molecular flexibility index (Phi) is 7.44. The monoisotopic (exact) mass is 390 g/mol. The van der Waals surface area contributed by atoms with Crippen molar-refractivity contribution in [2.24, 2.45) is 0 Å². The first kappa shape index (κ1) is 20.8. The third kappa shape index (κ3) is 6.04. The Morgan fingerprint density at radius 2 is 1.89 bits per heavy atom. The van der Waals surface area contributed by atoms with Crippen LogP contribution < -0.4 is 10.1 Å². The summed E-state index contributed by atoms with van der Waals surface area (Å²) >= 11 is 0. The van der Waals surface area contributed by atoms with E-state index in [2.05, 4.69) is 5.32 Å². The van der Waals surface area contributed by atoms with Crippen molar-refractivity contribution in [2.75, 3.05) is 18.5 Å². The molecule has 28 heavy (non-hydrogen) atoms. The maximum Gasteiger partial charge on any atom is 0.338 e. The molecule has 0 radical (unpaired) electrons. The average molecular weight is 390 g/mol. The van der Waals surface area contributed by atoms with E-state index < -0.39 is 34.9 Å². The van der Waals surface area contributed by atoms with Crippen molar-refractivity contribution < 1.29 is 28.4 Å². The van der Waals surface area contributed by atoms with Crippen LogP contribution in [0.1, 0.15) is 30.1 Å². The number of esters is 1. The first-order chi connectivity index (χ1) is 13.4. The van der Waals surface area contributed by atoms with Gasteiger partial charge in [0.25, 0.3) is 11.6 Å². The third-order valence-corrected chi connectivity index (χ3v) is 3.62. The standard InChI is InChI=1S/C19H19FN2O6/c1-2-3-10-27-15-7-4-13(5-8-15)19(24)28-12-18(23)21-16-9-6-14(20)11-17(16)22(25)26/h4-9,11H,2-3,10,12H2,1H3,(H,21,23). The van der Waals surface area contributed by atoms with Crippen LogP contribution in [0.25, 0.3) is 0 Å². The molecule has 0 aliphatic carbocycles. The van der Waals surface area contributed by atoms with Crippen LogP contribution >= 0.6 is 0 Å². The topological polar surface area (TPSA) is 108 Å². The Balaban J connectivity index is 1.89. The second-order valence-electron chi connectivity index (χ2n) is 5.77. The lowest BCUT2D eigenvalue weighted by molar-refractivity contribution is -0.384. The number of anilines is 1. The Morgan fingerprint density at radius 3 is 2.54 bits per heavy atom. The van der Waals surface area contributed by atoms with E-state index in [-0.39, 0.29) is 11.3 Å². The van der Waals surface area contributed by atoms with E-state index in [4.69, 9.17) is 9.47 Å². The zero-order valence-electron chi connectivity index (χ0n) is 15.1. The average Bonchev–Trinajstić information content (AvgIpc) is 2.68. The molecule has 0 saturated heterocycles. The number of carbonyl (C=O) groups excluding carboxylic acids is 2. The number of hydrogen-bond acceptors (Lipinski definition) is 6. The molecule has 1 N–H and O–H groups in total. The zero-order chi connectivity index (χ0) is 20.5. The Labute approximate surface area is 160 Å². The lowest BCUT2D eigenvalue weighted by atomic mass is 10.2. The molecule has 0 spiro atoms. The molecule has 0 fully saturated rings. The summed E-state index contributed by atoms with van der Waals surface area (Å²) in [5.74, 6) is -1.71. The minimum absolute atomic E-state index is 0.193. The van der Waals surface area contributed by atoms with Crippen LogP contribution in [-0.2, 0) is 9.53 Å². The largest absolute Gasteiger partial charge is 0.494 e. The summed E-state index contributed by atoms with van der Waals surface area (Å²) in [6.45, 7) is 1.98. The van der Waals surface area contributed by atoms with Crippen molar-refractivity contribution in [1.29, 1.82) is 0 Å². The Hall–Kier alpha value is -3.49. The van der Waals surface area contributed by atoms with E-state index in [1.54, 1.807) is 12.1 Å². The lowest BCUT2D eigenvalue weighted by Crippen LogP contribution is -2.21. The molecule has 0 bridgehead atoms. The molecule has 0 heterocycles. The highest BCUT2D eigenvalue weighted by molar-refractivity contribution is 5.96.